The molecule has 1 amide bonds. The molecule has 0 spiro atoms. The molecule has 120 valence electrons. The highest BCUT2D eigenvalue weighted by Crippen LogP contribution is 2.24. The van der Waals surface area contributed by atoms with E-state index in [1.54, 1.807) is 24.3 Å². The van der Waals surface area contributed by atoms with Crippen molar-refractivity contribution in [2.75, 3.05) is 0 Å². The van der Waals surface area contributed by atoms with E-state index in [2.05, 4.69) is 5.32 Å². The fraction of sp³-hybridized carbons (Fsp3) is 0.125. The van der Waals surface area contributed by atoms with E-state index < -0.39 is 24.3 Å². The predicted octanol–water partition coefficient (Wildman–Crippen LogP) is 3.26. The monoisotopic (exact) mass is 370 g/mol. The van der Waals surface area contributed by atoms with Gasteiger partial charge in [-0.25, -0.2) is 0 Å². The van der Waals surface area contributed by atoms with Crippen LogP contribution >= 0.6 is 34.8 Å². The number of aliphatic carboxylic acids is 1. The zero-order valence-electron chi connectivity index (χ0n) is 11.7. The summed E-state index contributed by atoms with van der Waals surface area (Å²) in [5.74, 6) is -1.81. The molecule has 0 unspecified atom stereocenters. The Hall–Kier alpha value is -1.75. The second-order valence-electron chi connectivity index (χ2n) is 4.78. The minimum atomic E-state index is -1.29. The Kier molecular flexibility index (Phi) is 5.88. The molecule has 0 saturated heterocycles. The first kappa shape index (κ1) is 17.6. The van der Waals surface area contributed by atoms with Crippen molar-refractivity contribution in [3.8, 4) is 0 Å². The van der Waals surface area contributed by atoms with Crippen molar-refractivity contribution in [1.82, 2.24) is 5.32 Å². The van der Waals surface area contributed by atoms with Gasteiger partial charge in [-0.15, -0.1) is 0 Å². The molecule has 7 heteroatoms. The molecule has 23 heavy (non-hydrogen) atoms. The standard InChI is InChI=1S/C16H12Cl3NO3/c17-10-3-1-2-9(6-10)14(8-15(21)22)20-16(23)12-5-4-11(18)7-13(12)19/h1-7,14H,8H2,(H,20,23)(H,21,22)/p-1/t14-/m0/s1. The van der Waals surface area contributed by atoms with Crippen LogP contribution in [0.3, 0.4) is 0 Å². The topological polar surface area (TPSA) is 69.2 Å². The van der Waals surface area contributed by atoms with Crippen LogP contribution in [0.4, 0.5) is 0 Å². The van der Waals surface area contributed by atoms with Crippen LogP contribution in [0.1, 0.15) is 28.4 Å². The summed E-state index contributed by atoms with van der Waals surface area (Å²) < 4.78 is 0. The molecule has 2 rings (SSSR count). The van der Waals surface area contributed by atoms with Crippen molar-refractivity contribution < 1.29 is 14.7 Å². The number of carbonyl (C=O) groups is 2. The van der Waals surface area contributed by atoms with E-state index in [0.717, 1.165) is 0 Å². The summed E-state index contributed by atoms with van der Waals surface area (Å²) in [7, 11) is 0. The van der Waals surface area contributed by atoms with Gasteiger partial charge < -0.3 is 15.2 Å². The average molecular weight is 372 g/mol. The number of hydrogen-bond acceptors (Lipinski definition) is 3. The van der Waals surface area contributed by atoms with Crippen LogP contribution in [-0.4, -0.2) is 11.9 Å². The molecule has 0 aliphatic rings. The van der Waals surface area contributed by atoms with Gasteiger partial charge in [0, 0.05) is 22.4 Å². The molecule has 0 radical (unpaired) electrons. The molecule has 0 fully saturated rings. The maximum absolute atomic E-state index is 12.3. The lowest BCUT2D eigenvalue weighted by atomic mass is 10.0. The summed E-state index contributed by atoms with van der Waals surface area (Å²) >= 11 is 17.7. The lowest BCUT2D eigenvalue weighted by Crippen LogP contribution is -2.34. The highest BCUT2D eigenvalue weighted by molar-refractivity contribution is 6.36. The Bertz CT molecular complexity index is 749. The number of halogens is 3. The van der Waals surface area contributed by atoms with E-state index in [1.807, 2.05) is 0 Å². The molecule has 2 aromatic rings. The quantitative estimate of drug-likeness (QED) is 0.877. The number of benzene rings is 2. The molecule has 0 aliphatic heterocycles. The Labute approximate surface area is 148 Å². The van der Waals surface area contributed by atoms with Crippen molar-refractivity contribution in [3.63, 3.8) is 0 Å². The highest BCUT2D eigenvalue weighted by atomic mass is 35.5. The van der Waals surface area contributed by atoms with E-state index in [4.69, 9.17) is 34.8 Å². The number of carboxylic acid groups (broad SMARTS) is 1. The highest BCUT2D eigenvalue weighted by Gasteiger charge is 2.18. The summed E-state index contributed by atoms with van der Waals surface area (Å²) in [4.78, 5) is 23.3. The largest absolute Gasteiger partial charge is 0.550 e. The molecule has 0 saturated carbocycles. The van der Waals surface area contributed by atoms with Gasteiger partial charge in [-0.3, -0.25) is 4.79 Å². The minimum absolute atomic E-state index is 0.174. The first-order chi connectivity index (χ1) is 10.9. The Balaban J connectivity index is 2.27. The summed E-state index contributed by atoms with van der Waals surface area (Å²) in [6.45, 7) is 0. The molecule has 0 heterocycles. The third-order valence-electron chi connectivity index (χ3n) is 3.10. The van der Waals surface area contributed by atoms with Gasteiger partial charge >= 0.3 is 0 Å². The van der Waals surface area contributed by atoms with Crippen molar-refractivity contribution in [1.29, 1.82) is 0 Å². The SMILES string of the molecule is O=C([O-])C[C@H](NC(=O)c1ccc(Cl)cc1Cl)c1cccc(Cl)c1. The second-order valence-corrected chi connectivity index (χ2v) is 6.06. The van der Waals surface area contributed by atoms with E-state index in [9.17, 15) is 14.7 Å². The molecular weight excluding hydrogens is 361 g/mol. The van der Waals surface area contributed by atoms with Gasteiger partial charge in [0.05, 0.1) is 16.6 Å². The zero-order chi connectivity index (χ0) is 17.0. The molecule has 1 atom stereocenters. The number of nitrogens with one attached hydrogen (secondary N) is 1. The Morgan fingerprint density at radius 1 is 1.04 bits per heavy atom. The maximum atomic E-state index is 12.3. The fourth-order valence-electron chi connectivity index (χ4n) is 2.05. The van der Waals surface area contributed by atoms with Crippen LogP contribution in [-0.2, 0) is 4.79 Å². The third-order valence-corrected chi connectivity index (χ3v) is 3.89. The van der Waals surface area contributed by atoms with Crippen molar-refractivity contribution in [2.24, 2.45) is 0 Å². The van der Waals surface area contributed by atoms with Gasteiger partial charge in [0.25, 0.3) is 5.91 Å². The number of carboxylic acids is 1. The molecule has 2 aromatic carbocycles. The van der Waals surface area contributed by atoms with Crippen LogP contribution < -0.4 is 10.4 Å². The molecular formula is C16H11Cl3NO3-. The van der Waals surface area contributed by atoms with Crippen molar-refractivity contribution in [2.45, 2.75) is 12.5 Å². The lowest BCUT2D eigenvalue weighted by molar-refractivity contribution is -0.306. The van der Waals surface area contributed by atoms with E-state index in [0.29, 0.717) is 15.6 Å². The number of amides is 1. The molecule has 1 N–H and O–H groups in total. The van der Waals surface area contributed by atoms with Crippen LogP contribution in [0.15, 0.2) is 42.5 Å². The molecule has 0 bridgehead atoms. The van der Waals surface area contributed by atoms with Crippen LogP contribution in [0.2, 0.25) is 15.1 Å². The number of rotatable bonds is 5. The maximum Gasteiger partial charge on any atom is 0.253 e. The van der Waals surface area contributed by atoms with Crippen LogP contribution in [0.5, 0.6) is 0 Å². The summed E-state index contributed by atoms with van der Waals surface area (Å²) in [5, 5.41) is 14.6. The minimum Gasteiger partial charge on any atom is -0.550 e. The average Bonchev–Trinajstić information content (AvgIpc) is 2.45. The second kappa shape index (κ2) is 7.68. The molecule has 0 aromatic heterocycles. The summed E-state index contributed by atoms with van der Waals surface area (Å²) in [6.07, 6.45) is -0.392. The van der Waals surface area contributed by atoms with E-state index >= 15 is 0 Å². The number of hydrogen-bond donors (Lipinski definition) is 1. The van der Waals surface area contributed by atoms with Crippen LogP contribution in [0.25, 0.3) is 0 Å². The number of carbonyl (C=O) groups excluding carboxylic acids is 2. The summed E-state index contributed by atoms with van der Waals surface area (Å²) in [6, 6.07) is 10.2. The van der Waals surface area contributed by atoms with Gasteiger partial charge in [0.15, 0.2) is 0 Å². The molecule has 4 nitrogen and oxygen atoms in total. The van der Waals surface area contributed by atoms with Gasteiger partial charge in [-0.2, -0.15) is 0 Å². The van der Waals surface area contributed by atoms with Crippen molar-refractivity contribution in [3.05, 3.63) is 68.7 Å². The normalized spacial score (nSPS) is 11.8. The van der Waals surface area contributed by atoms with Gasteiger partial charge in [-0.05, 0) is 35.9 Å². The lowest BCUT2D eigenvalue weighted by Gasteiger charge is -2.20. The van der Waals surface area contributed by atoms with Gasteiger partial charge in [0.1, 0.15) is 0 Å². The smallest absolute Gasteiger partial charge is 0.253 e. The zero-order valence-corrected chi connectivity index (χ0v) is 14.0. The van der Waals surface area contributed by atoms with Gasteiger partial charge in [0.2, 0.25) is 0 Å². The summed E-state index contributed by atoms with van der Waals surface area (Å²) in [5.41, 5.74) is 0.751. The fourth-order valence-corrected chi connectivity index (χ4v) is 2.74. The first-order valence-electron chi connectivity index (χ1n) is 6.58. The van der Waals surface area contributed by atoms with E-state index in [1.165, 1.54) is 18.2 Å². The molecule has 0 aliphatic carbocycles. The third kappa shape index (κ3) is 4.86. The van der Waals surface area contributed by atoms with Crippen LogP contribution in [0, 0.1) is 0 Å². The predicted molar refractivity (Wildman–Crippen MR) is 87.7 cm³/mol. The van der Waals surface area contributed by atoms with Crippen molar-refractivity contribution >= 4 is 46.7 Å². The van der Waals surface area contributed by atoms with E-state index in [-0.39, 0.29) is 10.6 Å². The Morgan fingerprint density at radius 3 is 2.35 bits per heavy atom. The Morgan fingerprint density at radius 2 is 1.74 bits per heavy atom. The van der Waals surface area contributed by atoms with Gasteiger partial charge in [-0.1, -0.05) is 46.9 Å². The first-order valence-corrected chi connectivity index (χ1v) is 7.71.